The number of fused-ring (bicyclic) bond motifs is 1. The molecule has 0 saturated carbocycles. The summed E-state index contributed by atoms with van der Waals surface area (Å²) in [5.41, 5.74) is 4.82. The minimum absolute atomic E-state index is 0.602. The fourth-order valence-electron chi connectivity index (χ4n) is 3.62. The van der Waals surface area contributed by atoms with Crippen molar-refractivity contribution in [2.45, 2.75) is 26.3 Å². The van der Waals surface area contributed by atoms with Crippen molar-refractivity contribution in [2.75, 3.05) is 31.0 Å². The summed E-state index contributed by atoms with van der Waals surface area (Å²) in [6, 6.07) is 14.5. The van der Waals surface area contributed by atoms with Gasteiger partial charge < -0.3 is 19.7 Å². The zero-order valence-electron chi connectivity index (χ0n) is 17.1. The fraction of sp³-hybridized carbons (Fsp3) is 0.304. The van der Waals surface area contributed by atoms with Gasteiger partial charge in [-0.2, -0.15) is 4.98 Å². The third-order valence-electron chi connectivity index (χ3n) is 5.30. The van der Waals surface area contributed by atoms with Crippen LogP contribution >= 0.6 is 0 Å². The third-order valence-corrected chi connectivity index (χ3v) is 5.30. The molecule has 1 N–H and O–H groups in total. The first-order valence-electron chi connectivity index (χ1n) is 9.88. The monoisotopic (exact) mass is 390 g/mol. The molecule has 3 aromatic rings. The van der Waals surface area contributed by atoms with Crippen LogP contribution in [0.3, 0.4) is 0 Å². The minimum Gasteiger partial charge on any atom is -0.493 e. The summed E-state index contributed by atoms with van der Waals surface area (Å²) >= 11 is 0. The van der Waals surface area contributed by atoms with Gasteiger partial charge in [0.25, 0.3) is 0 Å². The van der Waals surface area contributed by atoms with E-state index in [1.54, 1.807) is 20.4 Å². The molecule has 0 fully saturated rings. The van der Waals surface area contributed by atoms with Crippen LogP contribution in [0.2, 0.25) is 0 Å². The third kappa shape index (κ3) is 4.11. The Kier molecular flexibility index (Phi) is 5.51. The molecule has 0 spiro atoms. The van der Waals surface area contributed by atoms with Crippen LogP contribution in [-0.2, 0) is 19.4 Å². The zero-order chi connectivity index (χ0) is 20.2. The number of anilines is 3. The molecule has 1 aliphatic heterocycles. The molecule has 1 aromatic heterocycles. The summed E-state index contributed by atoms with van der Waals surface area (Å²) in [4.78, 5) is 11.4. The summed E-state index contributed by atoms with van der Waals surface area (Å²) < 4.78 is 10.9. The van der Waals surface area contributed by atoms with E-state index in [-0.39, 0.29) is 0 Å². The molecule has 0 atom stereocenters. The predicted octanol–water partition coefficient (Wildman–Crippen LogP) is 4.36. The van der Waals surface area contributed by atoms with Gasteiger partial charge in [0.05, 0.1) is 14.2 Å². The molecule has 29 heavy (non-hydrogen) atoms. The van der Waals surface area contributed by atoms with Crippen molar-refractivity contribution in [1.29, 1.82) is 0 Å². The quantitative estimate of drug-likeness (QED) is 0.675. The lowest BCUT2D eigenvalue weighted by Gasteiger charge is -2.30. The molecule has 1 aliphatic rings. The van der Waals surface area contributed by atoms with Gasteiger partial charge >= 0.3 is 0 Å². The summed E-state index contributed by atoms with van der Waals surface area (Å²) in [5.74, 6) is 3.05. The largest absolute Gasteiger partial charge is 0.493 e. The lowest BCUT2D eigenvalue weighted by molar-refractivity contribution is 0.353. The Morgan fingerprint density at radius 1 is 1.00 bits per heavy atom. The molecular weight excluding hydrogens is 364 g/mol. The van der Waals surface area contributed by atoms with E-state index in [1.807, 2.05) is 6.07 Å². The van der Waals surface area contributed by atoms with E-state index in [1.165, 1.54) is 16.7 Å². The van der Waals surface area contributed by atoms with Crippen LogP contribution in [0.5, 0.6) is 11.5 Å². The van der Waals surface area contributed by atoms with E-state index in [0.29, 0.717) is 5.95 Å². The van der Waals surface area contributed by atoms with Crippen LogP contribution in [0.1, 0.15) is 23.6 Å². The first-order chi connectivity index (χ1) is 14.2. The van der Waals surface area contributed by atoms with Gasteiger partial charge in [-0.05, 0) is 59.9 Å². The lowest BCUT2D eigenvalue weighted by Crippen LogP contribution is -2.31. The molecule has 0 radical (unpaired) electrons. The van der Waals surface area contributed by atoms with Crippen LogP contribution in [0, 0.1) is 0 Å². The number of aromatic nitrogens is 2. The number of benzene rings is 2. The smallest absolute Gasteiger partial charge is 0.229 e. The molecule has 2 heterocycles. The van der Waals surface area contributed by atoms with E-state index in [9.17, 15) is 0 Å². The number of nitrogens with one attached hydrogen (secondary N) is 1. The van der Waals surface area contributed by atoms with Gasteiger partial charge in [0, 0.05) is 25.0 Å². The molecule has 0 unspecified atom stereocenters. The predicted molar refractivity (Wildman–Crippen MR) is 115 cm³/mol. The Morgan fingerprint density at radius 2 is 1.72 bits per heavy atom. The normalized spacial score (nSPS) is 13.0. The van der Waals surface area contributed by atoms with E-state index in [4.69, 9.17) is 14.5 Å². The summed E-state index contributed by atoms with van der Waals surface area (Å²) in [6.45, 7) is 3.82. The molecule has 0 bridgehead atoms. The Balaban J connectivity index is 1.53. The second-order valence-electron chi connectivity index (χ2n) is 7.06. The molecule has 0 saturated heterocycles. The SMILES string of the molecule is CCc1ccc(Nc2nccc(N3CCc4cc(OC)c(OC)cc4C3)n2)cc1. The highest BCUT2D eigenvalue weighted by atomic mass is 16.5. The number of rotatable bonds is 6. The molecule has 150 valence electrons. The number of ether oxygens (including phenoxy) is 2. The van der Waals surface area contributed by atoms with Crippen LogP contribution in [0.15, 0.2) is 48.7 Å². The van der Waals surface area contributed by atoms with E-state index in [0.717, 1.165) is 48.9 Å². The van der Waals surface area contributed by atoms with Gasteiger partial charge in [-0.1, -0.05) is 19.1 Å². The maximum absolute atomic E-state index is 5.47. The van der Waals surface area contributed by atoms with Crippen molar-refractivity contribution < 1.29 is 9.47 Å². The highest BCUT2D eigenvalue weighted by Crippen LogP contribution is 2.34. The first-order valence-corrected chi connectivity index (χ1v) is 9.88. The topological polar surface area (TPSA) is 59.5 Å². The maximum Gasteiger partial charge on any atom is 0.229 e. The second-order valence-corrected chi connectivity index (χ2v) is 7.06. The number of methoxy groups -OCH3 is 2. The first kappa shape index (κ1) is 19.1. The fourth-order valence-corrected chi connectivity index (χ4v) is 3.62. The number of nitrogens with zero attached hydrogens (tertiary/aromatic N) is 3. The van der Waals surface area contributed by atoms with Gasteiger partial charge in [0.2, 0.25) is 5.95 Å². The van der Waals surface area contributed by atoms with Gasteiger partial charge in [-0.15, -0.1) is 0 Å². The van der Waals surface area contributed by atoms with Crippen molar-refractivity contribution >= 4 is 17.5 Å². The summed E-state index contributed by atoms with van der Waals surface area (Å²) in [5, 5.41) is 3.30. The molecule has 0 aliphatic carbocycles. The molecule has 2 aromatic carbocycles. The van der Waals surface area contributed by atoms with Crippen LogP contribution in [0.4, 0.5) is 17.5 Å². The van der Waals surface area contributed by atoms with Gasteiger partial charge in [0.15, 0.2) is 11.5 Å². The van der Waals surface area contributed by atoms with Crippen molar-refractivity contribution in [3.63, 3.8) is 0 Å². The van der Waals surface area contributed by atoms with Gasteiger partial charge in [-0.25, -0.2) is 4.98 Å². The van der Waals surface area contributed by atoms with E-state index >= 15 is 0 Å². The van der Waals surface area contributed by atoms with Crippen molar-refractivity contribution in [1.82, 2.24) is 9.97 Å². The Bertz CT molecular complexity index is 989. The Labute approximate surface area is 171 Å². The van der Waals surface area contributed by atoms with Crippen LogP contribution in [-0.4, -0.2) is 30.7 Å². The standard InChI is InChI=1S/C23H26N4O2/c1-4-16-5-7-19(8-6-16)25-23-24-11-9-22(26-23)27-12-10-17-13-20(28-2)21(29-3)14-18(17)15-27/h5-9,11,13-14H,4,10,12,15H2,1-3H3,(H,24,25,26). The van der Waals surface area contributed by atoms with E-state index < -0.39 is 0 Å². The summed E-state index contributed by atoms with van der Waals surface area (Å²) in [7, 11) is 3.34. The molecule has 6 nitrogen and oxygen atoms in total. The average molecular weight is 390 g/mol. The lowest BCUT2D eigenvalue weighted by atomic mass is 9.99. The molecular formula is C23H26N4O2. The average Bonchev–Trinajstić information content (AvgIpc) is 2.78. The van der Waals surface area contributed by atoms with Gasteiger partial charge in [-0.3, -0.25) is 0 Å². The summed E-state index contributed by atoms with van der Waals surface area (Å²) in [6.07, 6.45) is 3.76. The van der Waals surface area contributed by atoms with Crippen molar-refractivity contribution in [3.8, 4) is 11.5 Å². The second kappa shape index (κ2) is 8.39. The number of hydrogen-bond acceptors (Lipinski definition) is 6. The van der Waals surface area contributed by atoms with Crippen LogP contribution < -0.4 is 19.7 Å². The Morgan fingerprint density at radius 3 is 2.41 bits per heavy atom. The minimum atomic E-state index is 0.602. The van der Waals surface area contributed by atoms with E-state index in [2.05, 4.69) is 58.5 Å². The zero-order valence-corrected chi connectivity index (χ0v) is 17.1. The van der Waals surface area contributed by atoms with Crippen LogP contribution in [0.25, 0.3) is 0 Å². The van der Waals surface area contributed by atoms with Gasteiger partial charge in [0.1, 0.15) is 5.82 Å². The highest BCUT2D eigenvalue weighted by Gasteiger charge is 2.20. The molecule has 4 rings (SSSR count). The Hall–Kier alpha value is -3.28. The molecule has 6 heteroatoms. The van der Waals surface area contributed by atoms with Crippen molar-refractivity contribution in [3.05, 3.63) is 65.4 Å². The number of aryl methyl sites for hydroxylation is 1. The highest BCUT2D eigenvalue weighted by molar-refractivity contribution is 5.56. The number of hydrogen-bond donors (Lipinski definition) is 1. The van der Waals surface area contributed by atoms with Crippen molar-refractivity contribution in [2.24, 2.45) is 0 Å². The molecule has 0 amide bonds. The maximum atomic E-state index is 5.47.